The summed E-state index contributed by atoms with van der Waals surface area (Å²) in [6, 6.07) is 6.06. The van der Waals surface area contributed by atoms with Crippen molar-refractivity contribution in [1.29, 1.82) is 0 Å². The number of benzene rings is 1. The fourth-order valence-corrected chi connectivity index (χ4v) is 2.83. The third-order valence-corrected chi connectivity index (χ3v) is 4.23. The van der Waals surface area contributed by atoms with E-state index in [-0.39, 0.29) is 5.54 Å². The largest absolute Gasteiger partial charge is 0.360 e. The lowest BCUT2D eigenvalue weighted by Crippen LogP contribution is -2.36. The standard InChI is InChI=1S/C16H16BrN3/c1-2-16(8-4-3-5-9-16)20-15-13-10-12(17)6-7-14(13)18-11-19-15/h3-8,10-11H,2,9H2,1H3,(H,18,19,20). The van der Waals surface area contributed by atoms with Crippen molar-refractivity contribution < 1.29 is 0 Å². The predicted octanol–water partition coefficient (Wildman–Crippen LogP) is 4.47. The zero-order valence-corrected chi connectivity index (χ0v) is 12.9. The average molecular weight is 330 g/mol. The van der Waals surface area contributed by atoms with E-state index in [0.29, 0.717) is 0 Å². The number of hydrogen-bond acceptors (Lipinski definition) is 3. The molecule has 1 aromatic carbocycles. The van der Waals surface area contributed by atoms with Crippen molar-refractivity contribution >= 4 is 32.7 Å². The van der Waals surface area contributed by atoms with Crippen molar-refractivity contribution in [3.8, 4) is 0 Å². The Morgan fingerprint density at radius 1 is 1.30 bits per heavy atom. The Kier molecular flexibility index (Phi) is 3.57. The topological polar surface area (TPSA) is 37.8 Å². The summed E-state index contributed by atoms with van der Waals surface area (Å²) in [6.45, 7) is 2.19. The van der Waals surface area contributed by atoms with Gasteiger partial charge in [0.15, 0.2) is 0 Å². The van der Waals surface area contributed by atoms with Crippen molar-refractivity contribution in [2.45, 2.75) is 25.3 Å². The van der Waals surface area contributed by atoms with Crippen LogP contribution in [0.1, 0.15) is 19.8 Å². The van der Waals surface area contributed by atoms with Gasteiger partial charge in [-0.15, -0.1) is 0 Å². The normalized spacial score (nSPS) is 21.3. The van der Waals surface area contributed by atoms with Gasteiger partial charge in [0.1, 0.15) is 12.1 Å². The van der Waals surface area contributed by atoms with Gasteiger partial charge in [-0.1, -0.05) is 47.2 Å². The number of aromatic nitrogens is 2. The van der Waals surface area contributed by atoms with Crippen LogP contribution < -0.4 is 5.32 Å². The second kappa shape index (κ2) is 5.37. The summed E-state index contributed by atoms with van der Waals surface area (Å²) in [6.07, 6.45) is 12.2. The molecule has 1 aromatic heterocycles. The molecule has 0 saturated carbocycles. The first-order valence-electron chi connectivity index (χ1n) is 6.75. The molecule has 1 N–H and O–H groups in total. The molecule has 0 spiro atoms. The molecular weight excluding hydrogens is 314 g/mol. The fourth-order valence-electron chi connectivity index (χ4n) is 2.47. The summed E-state index contributed by atoms with van der Waals surface area (Å²) >= 11 is 3.51. The van der Waals surface area contributed by atoms with Gasteiger partial charge in [0.2, 0.25) is 0 Å². The summed E-state index contributed by atoms with van der Waals surface area (Å²) in [4.78, 5) is 8.75. The van der Waals surface area contributed by atoms with Crippen LogP contribution in [0.5, 0.6) is 0 Å². The van der Waals surface area contributed by atoms with Crippen LogP contribution in [0.15, 0.2) is 53.3 Å². The van der Waals surface area contributed by atoms with E-state index < -0.39 is 0 Å². The molecule has 0 aliphatic heterocycles. The SMILES string of the molecule is CCC1(Nc2ncnc3ccc(Br)cc23)C=CC=CC1. The summed E-state index contributed by atoms with van der Waals surface area (Å²) in [7, 11) is 0. The smallest absolute Gasteiger partial charge is 0.138 e. The molecular formula is C16H16BrN3. The third kappa shape index (κ3) is 2.48. The molecule has 2 aromatic rings. The lowest BCUT2D eigenvalue weighted by atomic mass is 9.88. The van der Waals surface area contributed by atoms with Crippen molar-refractivity contribution in [1.82, 2.24) is 9.97 Å². The highest BCUT2D eigenvalue weighted by Crippen LogP contribution is 2.30. The summed E-state index contributed by atoms with van der Waals surface area (Å²) < 4.78 is 1.03. The number of fused-ring (bicyclic) bond motifs is 1. The van der Waals surface area contributed by atoms with E-state index in [2.05, 4.69) is 68.5 Å². The minimum atomic E-state index is -0.0572. The average Bonchev–Trinajstić information content (AvgIpc) is 2.49. The van der Waals surface area contributed by atoms with Gasteiger partial charge in [-0.3, -0.25) is 0 Å². The maximum absolute atomic E-state index is 4.43. The number of anilines is 1. The predicted molar refractivity (Wildman–Crippen MR) is 86.8 cm³/mol. The van der Waals surface area contributed by atoms with Gasteiger partial charge >= 0.3 is 0 Å². The van der Waals surface area contributed by atoms with Gasteiger partial charge in [-0.2, -0.15) is 0 Å². The van der Waals surface area contributed by atoms with Crippen LogP contribution in [0.3, 0.4) is 0 Å². The maximum atomic E-state index is 4.43. The monoisotopic (exact) mass is 329 g/mol. The van der Waals surface area contributed by atoms with E-state index in [4.69, 9.17) is 0 Å². The van der Waals surface area contributed by atoms with Gasteiger partial charge in [0.25, 0.3) is 0 Å². The van der Waals surface area contributed by atoms with Crippen LogP contribution in [-0.4, -0.2) is 15.5 Å². The summed E-state index contributed by atoms with van der Waals surface area (Å²) in [5.74, 6) is 0.887. The Bertz CT molecular complexity index is 693. The molecule has 0 fully saturated rings. The van der Waals surface area contributed by atoms with Crippen LogP contribution >= 0.6 is 15.9 Å². The van der Waals surface area contributed by atoms with Crippen LogP contribution in [0.2, 0.25) is 0 Å². The van der Waals surface area contributed by atoms with E-state index in [0.717, 1.165) is 34.0 Å². The molecule has 20 heavy (non-hydrogen) atoms. The Balaban J connectivity index is 2.04. The second-order valence-corrected chi connectivity index (χ2v) is 5.93. The van der Waals surface area contributed by atoms with E-state index in [1.165, 1.54) is 0 Å². The molecule has 3 nitrogen and oxygen atoms in total. The molecule has 0 radical (unpaired) electrons. The van der Waals surface area contributed by atoms with Crippen molar-refractivity contribution in [2.24, 2.45) is 0 Å². The van der Waals surface area contributed by atoms with Crippen molar-refractivity contribution in [3.63, 3.8) is 0 Å². The minimum Gasteiger partial charge on any atom is -0.360 e. The van der Waals surface area contributed by atoms with E-state index in [9.17, 15) is 0 Å². The number of nitrogens with one attached hydrogen (secondary N) is 1. The number of halogens is 1. The van der Waals surface area contributed by atoms with Gasteiger partial charge in [0, 0.05) is 9.86 Å². The van der Waals surface area contributed by atoms with Gasteiger partial charge < -0.3 is 5.32 Å². The highest BCUT2D eigenvalue weighted by Gasteiger charge is 2.25. The van der Waals surface area contributed by atoms with Crippen molar-refractivity contribution in [3.05, 3.63) is 53.3 Å². The first-order valence-corrected chi connectivity index (χ1v) is 7.54. The quantitative estimate of drug-likeness (QED) is 0.902. The van der Waals surface area contributed by atoms with E-state index >= 15 is 0 Å². The molecule has 102 valence electrons. The fraction of sp³-hybridized carbons (Fsp3) is 0.250. The molecule has 4 heteroatoms. The molecule has 1 aliphatic rings. The summed E-state index contributed by atoms with van der Waals surface area (Å²) in [5.41, 5.74) is 0.894. The Morgan fingerprint density at radius 2 is 2.20 bits per heavy atom. The summed E-state index contributed by atoms with van der Waals surface area (Å²) in [5, 5.41) is 4.64. The Hall–Kier alpha value is -1.68. The number of hydrogen-bond donors (Lipinski definition) is 1. The van der Waals surface area contributed by atoms with Gasteiger partial charge in [0.05, 0.1) is 11.1 Å². The zero-order valence-electron chi connectivity index (χ0n) is 11.3. The first-order chi connectivity index (χ1) is 9.72. The van der Waals surface area contributed by atoms with Crippen LogP contribution in [0.25, 0.3) is 10.9 Å². The Labute approximate surface area is 127 Å². The highest BCUT2D eigenvalue weighted by molar-refractivity contribution is 9.10. The molecule has 0 saturated heterocycles. The molecule has 1 atom stereocenters. The molecule has 1 aliphatic carbocycles. The Morgan fingerprint density at radius 3 is 2.95 bits per heavy atom. The maximum Gasteiger partial charge on any atom is 0.138 e. The minimum absolute atomic E-state index is 0.0572. The molecule has 3 rings (SSSR count). The van der Waals surface area contributed by atoms with Crippen LogP contribution in [0.4, 0.5) is 5.82 Å². The van der Waals surface area contributed by atoms with E-state index in [1.807, 2.05) is 12.1 Å². The molecule has 0 amide bonds. The van der Waals surface area contributed by atoms with Gasteiger partial charge in [-0.25, -0.2) is 9.97 Å². The number of nitrogens with zero attached hydrogens (tertiary/aromatic N) is 2. The van der Waals surface area contributed by atoms with Crippen LogP contribution in [-0.2, 0) is 0 Å². The zero-order chi connectivity index (χ0) is 14.0. The van der Waals surface area contributed by atoms with Crippen molar-refractivity contribution in [2.75, 3.05) is 5.32 Å². The molecule has 0 bridgehead atoms. The number of rotatable bonds is 3. The second-order valence-electron chi connectivity index (χ2n) is 5.01. The lowest BCUT2D eigenvalue weighted by molar-refractivity contribution is 0.555. The van der Waals surface area contributed by atoms with Gasteiger partial charge in [-0.05, 0) is 31.0 Å². The van der Waals surface area contributed by atoms with E-state index in [1.54, 1.807) is 6.33 Å². The third-order valence-electron chi connectivity index (χ3n) is 3.74. The molecule has 1 heterocycles. The highest BCUT2D eigenvalue weighted by atomic mass is 79.9. The first kappa shape index (κ1) is 13.3. The molecule has 1 unspecified atom stereocenters. The lowest BCUT2D eigenvalue weighted by Gasteiger charge is -2.32. The number of allylic oxidation sites excluding steroid dienone is 2. The van der Waals surface area contributed by atoms with Crippen LogP contribution in [0, 0.1) is 0 Å².